The van der Waals surface area contributed by atoms with Crippen LogP contribution in [0.3, 0.4) is 0 Å². The minimum absolute atomic E-state index is 0. The van der Waals surface area contributed by atoms with Crippen LogP contribution in [-0.2, 0) is 10.0 Å². The van der Waals surface area contributed by atoms with Crippen LogP contribution in [0.2, 0.25) is 0 Å². The maximum absolute atomic E-state index is 11.6. The molecule has 6 heteroatoms. The molecule has 0 spiro atoms. The Balaban J connectivity index is 0.000000980. The second kappa shape index (κ2) is 3.96. The van der Waals surface area contributed by atoms with Gasteiger partial charge >= 0.3 is 0 Å². The molecule has 1 saturated carbocycles. The molecule has 84 valence electrons. The van der Waals surface area contributed by atoms with E-state index in [0.717, 1.165) is 0 Å². The lowest BCUT2D eigenvalue weighted by Gasteiger charge is -2.18. The Kier molecular flexibility index (Phi) is 3.46. The minimum atomic E-state index is -2.96. The highest BCUT2D eigenvalue weighted by molar-refractivity contribution is 7.89. The molecule has 2 unspecified atom stereocenters. The van der Waals surface area contributed by atoms with Crippen molar-refractivity contribution >= 4 is 22.4 Å². The number of piperidine rings is 1. The summed E-state index contributed by atoms with van der Waals surface area (Å²) in [6.45, 7) is 3.21. The minimum Gasteiger partial charge on any atom is -0.327 e. The van der Waals surface area contributed by atoms with Crippen molar-refractivity contribution in [1.29, 1.82) is 0 Å². The van der Waals surface area contributed by atoms with Gasteiger partial charge in [0, 0.05) is 19.1 Å². The first kappa shape index (κ1) is 12.2. The molecule has 2 fully saturated rings. The molecule has 0 amide bonds. The number of hydrogen-bond acceptors (Lipinski definition) is 3. The third-order valence-electron chi connectivity index (χ3n) is 3.08. The molecular weight excluding hydrogens is 224 g/mol. The van der Waals surface area contributed by atoms with Crippen LogP contribution in [0.5, 0.6) is 0 Å². The van der Waals surface area contributed by atoms with E-state index in [9.17, 15) is 8.42 Å². The van der Waals surface area contributed by atoms with Crippen molar-refractivity contribution < 1.29 is 8.42 Å². The van der Waals surface area contributed by atoms with Crippen LogP contribution in [0.15, 0.2) is 0 Å². The number of sulfonamides is 1. The summed E-state index contributed by atoms with van der Waals surface area (Å²) >= 11 is 0. The number of hydrogen-bond donors (Lipinski definition) is 1. The second-order valence-corrected chi connectivity index (χ2v) is 6.13. The van der Waals surface area contributed by atoms with E-state index < -0.39 is 10.0 Å². The molecule has 14 heavy (non-hydrogen) atoms. The van der Waals surface area contributed by atoms with Crippen molar-refractivity contribution in [2.45, 2.75) is 19.4 Å². The van der Waals surface area contributed by atoms with Gasteiger partial charge in [0.1, 0.15) is 0 Å². The van der Waals surface area contributed by atoms with E-state index in [0.29, 0.717) is 31.3 Å². The molecule has 2 aliphatic rings. The number of nitrogens with two attached hydrogens (primary N) is 1. The molecule has 1 saturated heterocycles. The fraction of sp³-hybridized carbons (Fsp3) is 1.00. The molecule has 0 aromatic rings. The highest BCUT2D eigenvalue weighted by atomic mass is 35.5. The van der Waals surface area contributed by atoms with Crippen LogP contribution in [0, 0.1) is 11.8 Å². The fourth-order valence-electron chi connectivity index (χ4n) is 2.15. The molecular formula is C8H17ClN2O2S. The first-order valence-corrected chi connectivity index (χ1v) is 6.40. The Morgan fingerprint density at radius 3 is 2.29 bits per heavy atom. The maximum atomic E-state index is 11.6. The van der Waals surface area contributed by atoms with Crippen LogP contribution in [-0.4, -0.2) is 37.6 Å². The molecule has 1 heterocycles. The third-order valence-corrected chi connectivity index (χ3v) is 5.09. The van der Waals surface area contributed by atoms with Crippen molar-refractivity contribution in [3.05, 3.63) is 0 Å². The number of rotatable bonds is 3. The van der Waals surface area contributed by atoms with Gasteiger partial charge in [-0.05, 0) is 18.3 Å². The highest BCUT2D eigenvalue weighted by Gasteiger charge is 2.55. The van der Waals surface area contributed by atoms with Gasteiger partial charge < -0.3 is 5.73 Å². The third kappa shape index (κ3) is 1.91. The summed E-state index contributed by atoms with van der Waals surface area (Å²) in [6, 6.07) is 0.271. The normalized spacial score (nSPS) is 36.3. The average molecular weight is 241 g/mol. The van der Waals surface area contributed by atoms with Gasteiger partial charge in [-0.3, -0.25) is 0 Å². The van der Waals surface area contributed by atoms with Gasteiger partial charge in [-0.15, -0.1) is 12.4 Å². The second-order valence-electron chi connectivity index (χ2n) is 4.04. The Morgan fingerprint density at radius 1 is 1.36 bits per heavy atom. The molecule has 2 rings (SSSR count). The topological polar surface area (TPSA) is 63.4 Å². The van der Waals surface area contributed by atoms with Crippen molar-refractivity contribution in [1.82, 2.24) is 4.31 Å². The summed E-state index contributed by atoms with van der Waals surface area (Å²) in [4.78, 5) is 0. The molecule has 0 bridgehead atoms. The highest BCUT2D eigenvalue weighted by Crippen LogP contribution is 2.44. The first-order valence-electron chi connectivity index (χ1n) is 4.79. The van der Waals surface area contributed by atoms with Crippen LogP contribution in [0.1, 0.15) is 13.3 Å². The fourth-order valence-corrected chi connectivity index (χ4v) is 3.72. The molecule has 0 radical (unpaired) electrons. The van der Waals surface area contributed by atoms with E-state index in [1.807, 2.05) is 6.92 Å². The number of fused-ring (bicyclic) bond motifs is 1. The van der Waals surface area contributed by atoms with E-state index in [2.05, 4.69) is 0 Å². The molecule has 2 N–H and O–H groups in total. The van der Waals surface area contributed by atoms with Crippen LogP contribution in [0.25, 0.3) is 0 Å². The molecule has 0 aromatic carbocycles. The van der Waals surface area contributed by atoms with Crippen LogP contribution >= 0.6 is 12.4 Å². The predicted octanol–water partition coefficient (Wildman–Crippen LogP) is 0.0369. The number of halogens is 1. The zero-order valence-corrected chi connectivity index (χ0v) is 9.85. The molecule has 1 aliphatic heterocycles. The Morgan fingerprint density at radius 2 is 1.86 bits per heavy atom. The van der Waals surface area contributed by atoms with Gasteiger partial charge in [0.15, 0.2) is 0 Å². The quantitative estimate of drug-likeness (QED) is 0.758. The van der Waals surface area contributed by atoms with Crippen molar-refractivity contribution in [2.75, 3.05) is 18.8 Å². The lowest BCUT2D eigenvalue weighted by Crippen LogP contribution is -2.35. The molecule has 2 atom stereocenters. The first-order chi connectivity index (χ1) is 6.06. The molecule has 1 aliphatic carbocycles. The van der Waals surface area contributed by atoms with Gasteiger partial charge in [-0.25, -0.2) is 12.7 Å². The van der Waals surface area contributed by atoms with Gasteiger partial charge in [-0.1, -0.05) is 6.92 Å². The summed E-state index contributed by atoms with van der Waals surface area (Å²) in [5, 5.41) is 0. The monoisotopic (exact) mass is 240 g/mol. The number of nitrogens with zero attached hydrogens (tertiary/aromatic N) is 1. The van der Waals surface area contributed by atoms with E-state index in [-0.39, 0.29) is 24.2 Å². The Hall–Kier alpha value is 0.160. The van der Waals surface area contributed by atoms with Gasteiger partial charge in [-0.2, -0.15) is 0 Å². The van der Waals surface area contributed by atoms with Crippen molar-refractivity contribution in [2.24, 2.45) is 17.6 Å². The smallest absolute Gasteiger partial charge is 0.214 e. The summed E-state index contributed by atoms with van der Waals surface area (Å²) in [5.41, 5.74) is 5.73. The van der Waals surface area contributed by atoms with Crippen LogP contribution < -0.4 is 5.73 Å². The largest absolute Gasteiger partial charge is 0.327 e. The van der Waals surface area contributed by atoms with Crippen molar-refractivity contribution in [3.8, 4) is 0 Å². The maximum Gasteiger partial charge on any atom is 0.214 e. The molecule has 4 nitrogen and oxygen atoms in total. The van der Waals surface area contributed by atoms with E-state index in [1.54, 1.807) is 4.31 Å². The van der Waals surface area contributed by atoms with E-state index >= 15 is 0 Å². The molecule has 0 aromatic heterocycles. The standard InChI is InChI=1S/C8H16N2O2S.ClH/c1-2-3-13(11,12)10-4-6-7(5-10)8(6)9;/h6-8H,2-5,9H2,1H3;1H. The van der Waals surface area contributed by atoms with Gasteiger partial charge in [0.25, 0.3) is 0 Å². The van der Waals surface area contributed by atoms with Crippen LogP contribution in [0.4, 0.5) is 0 Å². The summed E-state index contributed by atoms with van der Waals surface area (Å²) in [5.74, 6) is 1.18. The zero-order chi connectivity index (χ0) is 9.64. The van der Waals surface area contributed by atoms with Gasteiger partial charge in [0.05, 0.1) is 5.75 Å². The SMILES string of the molecule is CCCS(=O)(=O)N1CC2C(N)C2C1.Cl. The Bertz CT molecular complexity index is 294. The zero-order valence-electron chi connectivity index (χ0n) is 8.22. The summed E-state index contributed by atoms with van der Waals surface area (Å²) < 4.78 is 24.8. The average Bonchev–Trinajstić information content (AvgIpc) is 2.47. The summed E-state index contributed by atoms with van der Waals surface area (Å²) in [6.07, 6.45) is 0.695. The van der Waals surface area contributed by atoms with E-state index in [1.165, 1.54) is 0 Å². The van der Waals surface area contributed by atoms with E-state index in [4.69, 9.17) is 5.73 Å². The Labute approximate surface area is 91.3 Å². The summed E-state index contributed by atoms with van der Waals surface area (Å²) in [7, 11) is -2.96. The lowest BCUT2D eigenvalue weighted by molar-refractivity contribution is 0.432. The van der Waals surface area contributed by atoms with Crippen molar-refractivity contribution in [3.63, 3.8) is 0 Å². The lowest BCUT2D eigenvalue weighted by atomic mass is 10.4. The van der Waals surface area contributed by atoms with Gasteiger partial charge in [0.2, 0.25) is 10.0 Å². The predicted molar refractivity (Wildman–Crippen MR) is 57.9 cm³/mol.